The number of nitrogens with zero attached hydrogens (tertiary/aromatic N) is 4. The van der Waals surface area contributed by atoms with Gasteiger partial charge in [0.05, 0.1) is 0 Å². The highest BCUT2D eigenvalue weighted by Gasteiger charge is 2.08. The van der Waals surface area contributed by atoms with Crippen LogP contribution in [0.2, 0.25) is 0 Å². The molecule has 0 aliphatic carbocycles. The van der Waals surface area contributed by atoms with Gasteiger partial charge in [0.25, 0.3) is 0 Å². The van der Waals surface area contributed by atoms with Gasteiger partial charge in [-0.05, 0) is 45.0 Å². The van der Waals surface area contributed by atoms with Crippen LogP contribution in [-0.4, -0.2) is 26.8 Å². The Morgan fingerprint density at radius 1 is 1.22 bits per heavy atom. The van der Waals surface area contributed by atoms with E-state index in [0.29, 0.717) is 0 Å². The molecule has 96 valence electrons. The molecule has 2 aromatic rings. The van der Waals surface area contributed by atoms with Gasteiger partial charge in [-0.3, -0.25) is 0 Å². The third kappa shape index (κ3) is 2.56. The monoisotopic (exact) mass is 245 g/mol. The second-order valence-electron chi connectivity index (χ2n) is 4.33. The van der Waals surface area contributed by atoms with Crippen LogP contribution in [0.15, 0.2) is 12.1 Å². The van der Waals surface area contributed by atoms with Crippen molar-refractivity contribution in [1.29, 1.82) is 0 Å². The fourth-order valence-electron chi connectivity index (χ4n) is 1.97. The lowest BCUT2D eigenvalue weighted by Crippen LogP contribution is -2.09. The second kappa shape index (κ2) is 5.27. The zero-order valence-corrected chi connectivity index (χ0v) is 11.4. The van der Waals surface area contributed by atoms with Gasteiger partial charge in [-0.15, -0.1) is 5.10 Å². The molecule has 0 aliphatic heterocycles. The summed E-state index contributed by atoms with van der Waals surface area (Å²) in [4.78, 5) is 8.93. The molecule has 0 aliphatic rings. The van der Waals surface area contributed by atoms with Crippen molar-refractivity contribution >= 4 is 0 Å². The number of hydrogen-bond acceptors (Lipinski definition) is 4. The molecular weight excluding hydrogens is 226 g/mol. The first-order chi connectivity index (χ1) is 8.63. The van der Waals surface area contributed by atoms with Crippen LogP contribution in [0.1, 0.15) is 29.8 Å². The van der Waals surface area contributed by atoms with Crippen molar-refractivity contribution in [3.05, 3.63) is 35.0 Å². The van der Waals surface area contributed by atoms with Crippen molar-refractivity contribution in [2.24, 2.45) is 0 Å². The fourth-order valence-corrected chi connectivity index (χ4v) is 1.97. The number of pyridine rings is 1. The molecule has 0 atom stereocenters. The molecule has 1 N–H and O–H groups in total. The largest absolute Gasteiger partial charge is 0.316 e. The van der Waals surface area contributed by atoms with Crippen molar-refractivity contribution < 1.29 is 0 Å². The van der Waals surface area contributed by atoms with Crippen LogP contribution in [0.25, 0.3) is 5.82 Å². The fraction of sp³-hybridized carbons (Fsp3) is 0.462. The smallest absolute Gasteiger partial charge is 0.156 e. The number of rotatable bonds is 4. The van der Waals surface area contributed by atoms with Crippen molar-refractivity contribution in [2.75, 3.05) is 7.05 Å². The minimum absolute atomic E-state index is 0.770. The van der Waals surface area contributed by atoms with E-state index in [2.05, 4.69) is 39.4 Å². The molecule has 0 saturated heterocycles. The molecule has 0 saturated carbocycles. The maximum absolute atomic E-state index is 4.61. The second-order valence-corrected chi connectivity index (χ2v) is 4.33. The molecule has 0 aromatic carbocycles. The Balaban J connectivity index is 2.49. The number of aryl methyl sites for hydroxylation is 3. The molecule has 5 nitrogen and oxygen atoms in total. The molecule has 0 amide bonds. The summed E-state index contributed by atoms with van der Waals surface area (Å²) in [5, 5.41) is 7.54. The third-order valence-corrected chi connectivity index (χ3v) is 2.76. The molecule has 0 bridgehead atoms. The van der Waals surface area contributed by atoms with E-state index in [1.807, 2.05) is 20.9 Å². The van der Waals surface area contributed by atoms with Gasteiger partial charge in [0.2, 0.25) is 0 Å². The van der Waals surface area contributed by atoms with Gasteiger partial charge in [0.1, 0.15) is 11.6 Å². The lowest BCUT2D eigenvalue weighted by Gasteiger charge is -2.08. The van der Waals surface area contributed by atoms with Crippen LogP contribution in [0, 0.1) is 13.8 Å². The first-order valence-electron chi connectivity index (χ1n) is 6.19. The van der Waals surface area contributed by atoms with Crippen molar-refractivity contribution in [3.8, 4) is 5.82 Å². The Morgan fingerprint density at radius 2 is 2.00 bits per heavy atom. The predicted octanol–water partition coefficient (Wildman–Crippen LogP) is 1.56. The summed E-state index contributed by atoms with van der Waals surface area (Å²) in [6.07, 6.45) is 0.914. The molecule has 2 aromatic heterocycles. The van der Waals surface area contributed by atoms with Gasteiger partial charge in [0.15, 0.2) is 5.82 Å². The maximum Gasteiger partial charge on any atom is 0.156 e. The van der Waals surface area contributed by atoms with Crippen molar-refractivity contribution in [1.82, 2.24) is 25.1 Å². The highest BCUT2D eigenvalue weighted by atomic mass is 15.4. The first kappa shape index (κ1) is 12.7. The van der Waals surface area contributed by atoms with E-state index in [9.17, 15) is 0 Å². The molecule has 0 unspecified atom stereocenters. The zero-order valence-electron chi connectivity index (χ0n) is 11.4. The van der Waals surface area contributed by atoms with E-state index >= 15 is 0 Å². The minimum Gasteiger partial charge on any atom is -0.316 e. The summed E-state index contributed by atoms with van der Waals surface area (Å²) in [6, 6.07) is 4.18. The van der Waals surface area contributed by atoms with Gasteiger partial charge in [0, 0.05) is 12.2 Å². The van der Waals surface area contributed by atoms with Crippen molar-refractivity contribution in [2.45, 2.75) is 33.7 Å². The Morgan fingerprint density at radius 3 is 2.56 bits per heavy atom. The topological polar surface area (TPSA) is 55.6 Å². The molecule has 0 radical (unpaired) electrons. The quantitative estimate of drug-likeness (QED) is 0.888. The molecule has 2 rings (SSSR count). The van der Waals surface area contributed by atoms with Crippen LogP contribution >= 0.6 is 0 Å². The molecule has 0 fully saturated rings. The average Bonchev–Trinajstić information content (AvgIpc) is 2.68. The Hall–Kier alpha value is -1.75. The number of aromatic nitrogens is 4. The van der Waals surface area contributed by atoms with E-state index in [0.717, 1.165) is 36.1 Å². The SMILES string of the molecule is CCc1cc(CNC)cc(-n2nc(C)nc2C)n1. The van der Waals surface area contributed by atoms with E-state index in [1.54, 1.807) is 4.68 Å². The van der Waals surface area contributed by atoms with Gasteiger partial charge in [-0.2, -0.15) is 4.68 Å². The van der Waals surface area contributed by atoms with Gasteiger partial charge in [-0.25, -0.2) is 9.97 Å². The highest BCUT2D eigenvalue weighted by molar-refractivity contribution is 5.31. The standard InChI is InChI=1S/C13H19N5/c1-5-12-6-11(8-14-4)7-13(16-12)18-10(3)15-9(2)17-18/h6-7,14H,5,8H2,1-4H3. The summed E-state index contributed by atoms with van der Waals surface area (Å²) in [5.41, 5.74) is 2.29. The van der Waals surface area contributed by atoms with Gasteiger partial charge >= 0.3 is 0 Å². The van der Waals surface area contributed by atoms with E-state index in [1.165, 1.54) is 5.56 Å². The zero-order chi connectivity index (χ0) is 13.1. The van der Waals surface area contributed by atoms with E-state index in [-0.39, 0.29) is 0 Å². The summed E-state index contributed by atoms with van der Waals surface area (Å²) in [6.45, 7) is 6.77. The van der Waals surface area contributed by atoms with Crippen LogP contribution in [0.5, 0.6) is 0 Å². The summed E-state index contributed by atoms with van der Waals surface area (Å²) >= 11 is 0. The predicted molar refractivity (Wildman–Crippen MR) is 70.8 cm³/mol. The van der Waals surface area contributed by atoms with Crippen molar-refractivity contribution in [3.63, 3.8) is 0 Å². The minimum atomic E-state index is 0.770. The lowest BCUT2D eigenvalue weighted by atomic mass is 10.2. The van der Waals surface area contributed by atoms with Crippen LogP contribution < -0.4 is 5.32 Å². The summed E-state index contributed by atoms with van der Waals surface area (Å²) in [7, 11) is 1.94. The summed E-state index contributed by atoms with van der Waals surface area (Å²) < 4.78 is 1.80. The van der Waals surface area contributed by atoms with E-state index < -0.39 is 0 Å². The van der Waals surface area contributed by atoms with Gasteiger partial charge in [-0.1, -0.05) is 6.92 Å². The molecule has 2 heterocycles. The summed E-state index contributed by atoms with van der Waals surface area (Å²) in [5.74, 6) is 2.48. The molecule has 18 heavy (non-hydrogen) atoms. The van der Waals surface area contributed by atoms with Crippen LogP contribution in [-0.2, 0) is 13.0 Å². The Bertz CT molecular complexity index is 544. The molecule has 5 heteroatoms. The highest BCUT2D eigenvalue weighted by Crippen LogP contribution is 2.12. The van der Waals surface area contributed by atoms with Crippen LogP contribution in [0.4, 0.5) is 0 Å². The average molecular weight is 245 g/mol. The Labute approximate surface area is 107 Å². The van der Waals surface area contributed by atoms with Crippen LogP contribution in [0.3, 0.4) is 0 Å². The van der Waals surface area contributed by atoms with E-state index in [4.69, 9.17) is 0 Å². The lowest BCUT2D eigenvalue weighted by molar-refractivity contribution is 0.773. The first-order valence-corrected chi connectivity index (χ1v) is 6.19. The maximum atomic E-state index is 4.61. The number of hydrogen-bond donors (Lipinski definition) is 1. The molecule has 0 spiro atoms. The van der Waals surface area contributed by atoms with Gasteiger partial charge < -0.3 is 5.32 Å². The molecular formula is C13H19N5. The third-order valence-electron chi connectivity index (χ3n) is 2.76. The Kier molecular flexibility index (Phi) is 3.72. The normalized spacial score (nSPS) is 10.9. The number of nitrogens with one attached hydrogen (secondary N) is 1.